The average Bonchev–Trinajstić information content (AvgIpc) is 2.89. The second-order valence-electron chi connectivity index (χ2n) is 6.66. The summed E-state index contributed by atoms with van der Waals surface area (Å²) < 4.78 is 19.3. The summed E-state index contributed by atoms with van der Waals surface area (Å²) in [5.41, 5.74) is 0.342. The Balaban J connectivity index is 1.84. The van der Waals surface area contributed by atoms with Crippen molar-refractivity contribution in [2.45, 2.75) is 32.3 Å². The number of halogens is 1. The van der Waals surface area contributed by atoms with E-state index in [2.05, 4.69) is 0 Å². The summed E-state index contributed by atoms with van der Waals surface area (Å²) in [7, 11) is 0. The van der Waals surface area contributed by atoms with E-state index in [0.29, 0.717) is 24.2 Å². The molecule has 0 spiro atoms. The summed E-state index contributed by atoms with van der Waals surface area (Å²) in [6.45, 7) is 6.01. The van der Waals surface area contributed by atoms with Crippen LogP contribution in [0.3, 0.4) is 0 Å². The maximum Gasteiger partial charge on any atom is 0.410 e. The minimum absolute atomic E-state index is 0.0689. The van der Waals surface area contributed by atoms with Gasteiger partial charge in [0, 0.05) is 36.1 Å². The Hall–Kier alpha value is -1.91. The van der Waals surface area contributed by atoms with Crippen molar-refractivity contribution in [3.8, 4) is 0 Å². The fourth-order valence-corrected chi connectivity index (χ4v) is 3.17. The Morgan fingerprint density at radius 1 is 1.29 bits per heavy atom. The van der Waals surface area contributed by atoms with E-state index in [1.54, 1.807) is 32.9 Å². The van der Waals surface area contributed by atoms with Crippen LogP contribution in [0, 0.1) is 11.7 Å². The summed E-state index contributed by atoms with van der Waals surface area (Å²) in [5.74, 6) is -1.02. The second kappa shape index (κ2) is 4.55. The third-order valence-corrected chi connectivity index (χ3v) is 4.00. The Bertz CT molecular complexity index is 620. The van der Waals surface area contributed by atoms with E-state index in [4.69, 9.17) is 4.74 Å². The smallest absolute Gasteiger partial charge is 0.410 e. The molecule has 3 rings (SSSR count). The van der Waals surface area contributed by atoms with Crippen LogP contribution in [0.15, 0.2) is 18.2 Å². The van der Waals surface area contributed by atoms with Crippen molar-refractivity contribution in [2.75, 3.05) is 13.1 Å². The normalized spacial score (nSPS) is 24.0. The lowest BCUT2D eigenvalue weighted by molar-refractivity contribution is 0.0287. The molecule has 112 valence electrons. The number of nitrogens with zero attached hydrogens (tertiary/aromatic N) is 1. The van der Waals surface area contributed by atoms with Crippen LogP contribution in [0.5, 0.6) is 0 Å². The molecular weight excluding hydrogens is 273 g/mol. The van der Waals surface area contributed by atoms with E-state index in [-0.39, 0.29) is 23.4 Å². The molecule has 2 atom stereocenters. The van der Waals surface area contributed by atoms with Crippen LogP contribution in [-0.2, 0) is 4.74 Å². The van der Waals surface area contributed by atoms with Gasteiger partial charge in [-0.3, -0.25) is 4.79 Å². The van der Waals surface area contributed by atoms with Gasteiger partial charge in [0.2, 0.25) is 0 Å². The number of hydrogen-bond donors (Lipinski definition) is 0. The molecule has 5 heteroatoms. The third kappa shape index (κ3) is 2.30. The number of benzene rings is 1. The number of carbonyl (C=O) groups excluding carboxylic acids is 2. The molecule has 0 N–H and O–H groups in total. The summed E-state index contributed by atoms with van der Waals surface area (Å²) in [6.07, 6.45) is -0.442. The number of hydrogen-bond acceptors (Lipinski definition) is 3. The topological polar surface area (TPSA) is 46.6 Å². The highest BCUT2D eigenvalue weighted by Crippen LogP contribution is 2.44. The van der Waals surface area contributed by atoms with Gasteiger partial charge < -0.3 is 9.64 Å². The molecule has 1 amide bonds. The molecule has 1 heterocycles. The van der Waals surface area contributed by atoms with Crippen LogP contribution < -0.4 is 0 Å². The molecule has 0 unspecified atom stereocenters. The molecule has 1 fully saturated rings. The van der Waals surface area contributed by atoms with E-state index in [1.807, 2.05) is 0 Å². The van der Waals surface area contributed by atoms with Crippen LogP contribution in [0.4, 0.5) is 9.18 Å². The van der Waals surface area contributed by atoms with Crippen LogP contribution in [0.1, 0.15) is 42.6 Å². The molecular formula is C16H18FNO3. The van der Waals surface area contributed by atoms with Crippen LogP contribution in [0.2, 0.25) is 0 Å². The van der Waals surface area contributed by atoms with Gasteiger partial charge in [-0.05, 0) is 26.8 Å². The monoisotopic (exact) mass is 291 g/mol. The minimum Gasteiger partial charge on any atom is -0.444 e. The van der Waals surface area contributed by atoms with Gasteiger partial charge in [-0.1, -0.05) is 12.1 Å². The largest absolute Gasteiger partial charge is 0.444 e. The number of ether oxygens (including phenoxy) is 1. The van der Waals surface area contributed by atoms with Gasteiger partial charge in [0.25, 0.3) is 0 Å². The standard InChI is InChI=1S/C16H18FNO3/c1-16(2,3)21-15(20)18-7-10-11(8-18)14(19)9-5-4-6-12(17)13(9)10/h4-6,10-11H,7-8H2,1-3H3/t10-,11+/m1/s1. The van der Waals surface area contributed by atoms with Crippen molar-refractivity contribution in [1.82, 2.24) is 4.90 Å². The van der Waals surface area contributed by atoms with Crippen LogP contribution >= 0.6 is 0 Å². The highest BCUT2D eigenvalue weighted by molar-refractivity contribution is 6.04. The Labute approximate surface area is 122 Å². The molecule has 2 aliphatic rings. The average molecular weight is 291 g/mol. The number of ketones is 1. The first kappa shape index (κ1) is 14.0. The molecule has 1 aliphatic heterocycles. The molecule has 21 heavy (non-hydrogen) atoms. The number of amides is 1. The van der Waals surface area contributed by atoms with Gasteiger partial charge in [-0.2, -0.15) is 0 Å². The lowest BCUT2D eigenvalue weighted by atomic mass is 9.96. The Morgan fingerprint density at radius 2 is 1.95 bits per heavy atom. The minimum atomic E-state index is -0.581. The van der Waals surface area contributed by atoms with Crippen LogP contribution in [0.25, 0.3) is 0 Å². The summed E-state index contributed by atoms with van der Waals surface area (Å²) in [4.78, 5) is 25.9. The number of Topliss-reactive ketones (excluding diaryl/α,β-unsaturated/α-hetero) is 1. The van der Waals surface area contributed by atoms with Crippen molar-refractivity contribution in [3.63, 3.8) is 0 Å². The van der Waals surface area contributed by atoms with E-state index in [9.17, 15) is 14.0 Å². The number of rotatable bonds is 0. The lowest BCUT2D eigenvalue weighted by Gasteiger charge is -2.24. The van der Waals surface area contributed by atoms with Gasteiger partial charge in [0.1, 0.15) is 11.4 Å². The third-order valence-electron chi connectivity index (χ3n) is 4.00. The molecule has 1 aromatic rings. The van der Waals surface area contributed by atoms with Gasteiger partial charge >= 0.3 is 6.09 Å². The molecule has 4 nitrogen and oxygen atoms in total. The molecule has 0 saturated carbocycles. The zero-order chi connectivity index (χ0) is 15.4. The highest BCUT2D eigenvalue weighted by Gasteiger charge is 2.48. The van der Waals surface area contributed by atoms with E-state index in [0.717, 1.165) is 0 Å². The van der Waals surface area contributed by atoms with E-state index < -0.39 is 11.7 Å². The van der Waals surface area contributed by atoms with Crippen molar-refractivity contribution >= 4 is 11.9 Å². The second-order valence-corrected chi connectivity index (χ2v) is 6.66. The van der Waals surface area contributed by atoms with E-state index in [1.165, 1.54) is 11.0 Å². The fourth-order valence-electron chi connectivity index (χ4n) is 3.17. The number of fused-ring (bicyclic) bond motifs is 3. The van der Waals surface area contributed by atoms with Gasteiger partial charge in [-0.25, -0.2) is 9.18 Å². The lowest BCUT2D eigenvalue weighted by Crippen LogP contribution is -2.36. The quantitative estimate of drug-likeness (QED) is 0.738. The summed E-state index contributed by atoms with van der Waals surface area (Å²) in [5, 5.41) is 0. The number of likely N-dealkylation sites (tertiary alicyclic amines) is 1. The molecule has 1 aliphatic carbocycles. The maximum atomic E-state index is 14.0. The predicted molar refractivity (Wildman–Crippen MR) is 74.8 cm³/mol. The van der Waals surface area contributed by atoms with Crippen LogP contribution in [-0.4, -0.2) is 35.5 Å². The predicted octanol–water partition coefficient (Wildman–Crippen LogP) is 2.97. The summed E-state index contributed by atoms with van der Waals surface area (Å²) in [6, 6.07) is 4.58. The van der Waals surface area contributed by atoms with Gasteiger partial charge in [0.05, 0.1) is 0 Å². The number of carbonyl (C=O) groups is 2. The van der Waals surface area contributed by atoms with Gasteiger partial charge in [0.15, 0.2) is 5.78 Å². The van der Waals surface area contributed by atoms with Gasteiger partial charge in [-0.15, -0.1) is 0 Å². The maximum absolute atomic E-state index is 14.0. The van der Waals surface area contributed by atoms with Crippen molar-refractivity contribution < 1.29 is 18.7 Å². The molecule has 0 radical (unpaired) electrons. The summed E-state index contributed by atoms with van der Waals surface area (Å²) >= 11 is 0. The first-order chi connectivity index (χ1) is 9.78. The first-order valence-corrected chi connectivity index (χ1v) is 7.08. The Morgan fingerprint density at radius 3 is 2.62 bits per heavy atom. The molecule has 1 saturated heterocycles. The van der Waals surface area contributed by atoms with Crippen molar-refractivity contribution in [3.05, 3.63) is 35.1 Å². The van der Waals surface area contributed by atoms with Crippen molar-refractivity contribution in [1.29, 1.82) is 0 Å². The Kier molecular flexibility index (Phi) is 3.04. The first-order valence-electron chi connectivity index (χ1n) is 7.08. The highest BCUT2D eigenvalue weighted by atomic mass is 19.1. The molecule has 0 bridgehead atoms. The zero-order valence-corrected chi connectivity index (χ0v) is 12.4. The van der Waals surface area contributed by atoms with E-state index >= 15 is 0 Å². The molecule has 1 aromatic carbocycles. The zero-order valence-electron chi connectivity index (χ0n) is 12.4. The fraction of sp³-hybridized carbons (Fsp3) is 0.500. The molecule has 0 aromatic heterocycles. The van der Waals surface area contributed by atoms with Crippen molar-refractivity contribution in [2.24, 2.45) is 5.92 Å². The SMILES string of the molecule is CC(C)(C)OC(=O)N1C[C@@H]2C(=O)c3cccc(F)c3[C@@H]2C1.